The number of rotatable bonds is 25. The van der Waals surface area contributed by atoms with Crippen LogP contribution in [0.3, 0.4) is 0 Å². The average molecular weight is 665 g/mol. The van der Waals surface area contributed by atoms with Gasteiger partial charge in [-0.15, -0.1) is 0 Å². The van der Waals surface area contributed by atoms with Crippen LogP contribution in [0.5, 0.6) is 5.75 Å². The Bertz CT molecular complexity index is 1230. The molecule has 2 aromatic carbocycles. The van der Waals surface area contributed by atoms with Gasteiger partial charge in [0.25, 0.3) is 5.91 Å². The summed E-state index contributed by atoms with van der Waals surface area (Å²) in [5, 5.41) is 24.2. The van der Waals surface area contributed by atoms with Crippen molar-refractivity contribution in [2.45, 2.75) is 89.7 Å². The highest BCUT2D eigenvalue weighted by Crippen LogP contribution is 2.43. The lowest BCUT2D eigenvalue weighted by Crippen LogP contribution is -2.43. The normalized spacial score (nSPS) is 13.7. The van der Waals surface area contributed by atoms with Crippen LogP contribution in [0.4, 0.5) is 0 Å². The molecule has 1 unspecified atom stereocenters. The summed E-state index contributed by atoms with van der Waals surface area (Å²) in [6, 6.07) is 13.8. The molecule has 3 atom stereocenters. The Labute approximate surface area is 271 Å². The highest BCUT2D eigenvalue weighted by atomic mass is 31.2. The van der Waals surface area contributed by atoms with Crippen molar-refractivity contribution in [3.05, 3.63) is 65.7 Å². The smallest absolute Gasteiger partial charge is 0.472 e. The molecule has 46 heavy (non-hydrogen) atoms. The number of nitrogens with one attached hydrogen (secondary N) is 2. The lowest BCUT2D eigenvalue weighted by molar-refractivity contribution is -0.140. The number of carbonyl (C=O) groups excluding carboxylic acids is 2. The minimum Gasteiger partial charge on any atom is -0.494 e. The number of carboxylic acid groups (broad SMARTS) is 1. The summed E-state index contributed by atoms with van der Waals surface area (Å²) in [7, 11) is -4.78. The fraction of sp³-hybridized carbons (Fsp3) is 0.545. The van der Waals surface area contributed by atoms with E-state index in [1.807, 2.05) is 24.3 Å². The van der Waals surface area contributed by atoms with Crippen LogP contribution in [-0.2, 0) is 29.6 Å². The zero-order valence-electron chi connectivity index (χ0n) is 26.6. The SMILES string of the molecule is CCCCCCCCCCCOc1cccc(CCC(=O)NC[C@@H](O)COP(=O)(O)OC[C@H](NC(=O)c2ccccc2)C(=O)O)c1. The van der Waals surface area contributed by atoms with E-state index >= 15 is 0 Å². The summed E-state index contributed by atoms with van der Waals surface area (Å²) in [4.78, 5) is 45.9. The quantitative estimate of drug-likeness (QED) is 0.0714. The number of aliphatic carboxylic acids is 1. The topological polar surface area (TPSA) is 181 Å². The summed E-state index contributed by atoms with van der Waals surface area (Å²) in [6.45, 7) is 1.10. The number of carboxylic acids is 1. The van der Waals surface area contributed by atoms with Crippen molar-refractivity contribution in [2.24, 2.45) is 0 Å². The van der Waals surface area contributed by atoms with Crippen LogP contribution in [0.1, 0.15) is 87.1 Å². The van der Waals surface area contributed by atoms with Gasteiger partial charge < -0.3 is 30.5 Å². The first-order valence-corrected chi connectivity index (χ1v) is 17.5. The molecule has 0 aliphatic heterocycles. The van der Waals surface area contributed by atoms with E-state index in [9.17, 15) is 34.1 Å². The van der Waals surface area contributed by atoms with E-state index in [0.29, 0.717) is 13.0 Å². The Kier molecular flexibility index (Phi) is 18.8. The second-order valence-electron chi connectivity index (χ2n) is 11.1. The molecule has 0 heterocycles. The van der Waals surface area contributed by atoms with Crippen molar-refractivity contribution in [3.8, 4) is 5.75 Å². The molecule has 2 aromatic rings. The minimum absolute atomic E-state index is 0.155. The number of aryl methyl sites for hydroxylation is 1. The fourth-order valence-electron chi connectivity index (χ4n) is 4.42. The van der Waals surface area contributed by atoms with E-state index < -0.39 is 45.1 Å². The number of aliphatic hydroxyl groups is 1. The van der Waals surface area contributed by atoms with Gasteiger partial charge >= 0.3 is 13.8 Å². The van der Waals surface area contributed by atoms with Gasteiger partial charge in [0.15, 0.2) is 6.04 Å². The molecule has 0 radical (unpaired) electrons. The molecule has 5 N–H and O–H groups in total. The first kappa shape index (κ1) is 38.9. The lowest BCUT2D eigenvalue weighted by atomic mass is 10.1. The summed E-state index contributed by atoms with van der Waals surface area (Å²) in [5.74, 6) is -1.77. The number of benzene rings is 2. The van der Waals surface area contributed by atoms with Gasteiger partial charge in [0, 0.05) is 18.5 Å². The Morgan fingerprint density at radius 1 is 0.870 bits per heavy atom. The van der Waals surface area contributed by atoms with E-state index in [1.54, 1.807) is 18.2 Å². The summed E-state index contributed by atoms with van der Waals surface area (Å²) in [6.07, 6.45) is 10.5. The second kappa shape index (κ2) is 22.3. The third-order valence-electron chi connectivity index (χ3n) is 7.06. The maximum Gasteiger partial charge on any atom is 0.472 e. The molecule has 0 saturated heterocycles. The van der Waals surface area contributed by atoms with Gasteiger partial charge in [-0.25, -0.2) is 9.36 Å². The fourth-order valence-corrected chi connectivity index (χ4v) is 5.19. The van der Waals surface area contributed by atoms with Crippen LogP contribution >= 0.6 is 7.82 Å². The maximum absolute atomic E-state index is 12.3. The molecule has 13 heteroatoms. The standard InChI is InChI=1S/C33H49N2O10P/c1-2-3-4-5-6-7-8-9-13-21-43-29-18-14-15-26(22-29)19-20-31(37)34-23-28(36)24-44-46(41,42)45-25-30(33(39)40)35-32(38)27-16-11-10-12-17-27/h10-12,14-18,22,28,30,36H,2-9,13,19-21,23-25H2,1H3,(H,34,37)(H,35,38)(H,39,40)(H,41,42)/t28-,30+/m1/s1. The van der Waals surface area contributed by atoms with E-state index in [-0.39, 0.29) is 24.4 Å². The Balaban J connectivity index is 1.61. The van der Waals surface area contributed by atoms with Crippen molar-refractivity contribution in [3.63, 3.8) is 0 Å². The number of aliphatic hydroxyl groups excluding tert-OH is 1. The second-order valence-corrected chi connectivity index (χ2v) is 12.5. The molecule has 0 bridgehead atoms. The molecule has 0 fully saturated rings. The Morgan fingerprint density at radius 2 is 1.52 bits per heavy atom. The average Bonchev–Trinajstić information content (AvgIpc) is 3.05. The van der Waals surface area contributed by atoms with Crippen molar-refractivity contribution in [2.75, 3.05) is 26.4 Å². The third-order valence-corrected chi connectivity index (χ3v) is 8.02. The Hall–Kier alpha value is -3.28. The predicted octanol–water partition coefficient (Wildman–Crippen LogP) is 5.02. The van der Waals surface area contributed by atoms with Crippen LogP contribution in [0.2, 0.25) is 0 Å². The molecule has 2 rings (SSSR count). The number of hydrogen-bond acceptors (Lipinski definition) is 8. The molecule has 0 aliphatic rings. The van der Waals surface area contributed by atoms with Gasteiger partial charge in [-0.1, -0.05) is 88.6 Å². The van der Waals surface area contributed by atoms with Crippen molar-refractivity contribution in [1.82, 2.24) is 10.6 Å². The van der Waals surface area contributed by atoms with Crippen molar-refractivity contribution < 1.29 is 47.8 Å². The van der Waals surface area contributed by atoms with Crippen LogP contribution in [0.15, 0.2) is 54.6 Å². The van der Waals surface area contributed by atoms with Gasteiger partial charge in [-0.2, -0.15) is 0 Å². The predicted molar refractivity (Wildman–Crippen MR) is 174 cm³/mol. The highest BCUT2D eigenvalue weighted by molar-refractivity contribution is 7.47. The van der Waals surface area contributed by atoms with Crippen LogP contribution in [-0.4, -0.2) is 71.4 Å². The van der Waals surface area contributed by atoms with E-state index in [4.69, 9.17) is 13.8 Å². The van der Waals surface area contributed by atoms with E-state index in [1.165, 1.54) is 57.1 Å². The summed E-state index contributed by atoms with van der Waals surface area (Å²) < 4.78 is 27.5. The maximum atomic E-state index is 12.3. The first-order chi connectivity index (χ1) is 22.1. The number of unbranched alkanes of at least 4 members (excludes halogenated alkanes) is 8. The number of ether oxygens (including phenoxy) is 1. The van der Waals surface area contributed by atoms with Gasteiger partial charge in [0.1, 0.15) is 5.75 Å². The number of phosphoric acid groups is 1. The van der Waals surface area contributed by atoms with Gasteiger partial charge in [-0.3, -0.25) is 18.6 Å². The molecule has 12 nitrogen and oxygen atoms in total. The number of carbonyl (C=O) groups is 3. The van der Waals surface area contributed by atoms with Gasteiger partial charge in [0.2, 0.25) is 5.91 Å². The molecule has 256 valence electrons. The molecule has 0 aliphatic carbocycles. The van der Waals surface area contributed by atoms with E-state index in [0.717, 1.165) is 24.2 Å². The van der Waals surface area contributed by atoms with Gasteiger partial charge in [0.05, 0.1) is 25.9 Å². The largest absolute Gasteiger partial charge is 0.494 e. The van der Waals surface area contributed by atoms with Crippen LogP contribution < -0.4 is 15.4 Å². The molecule has 2 amide bonds. The number of hydrogen-bond donors (Lipinski definition) is 5. The number of phosphoric ester groups is 1. The van der Waals surface area contributed by atoms with Crippen molar-refractivity contribution in [1.29, 1.82) is 0 Å². The van der Waals surface area contributed by atoms with Crippen molar-refractivity contribution >= 4 is 25.6 Å². The van der Waals surface area contributed by atoms with Crippen LogP contribution in [0.25, 0.3) is 0 Å². The highest BCUT2D eigenvalue weighted by Gasteiger charge is 2.28. The molecule has 0 spiro atoms. The molecule has 0 saturated carbocycles. The molecular formula is C33H49N2O10P. The first-order valence-electron chi connectivity index (χ1n) is 16.0. The third kappa shape index (κ3) is 17.4. The zero-order chi connectivity index (χ0) is 33.6. The Morgan fingerprint density at radius 3 is 2.20 bits per heavy atom. The summed E-state index contributed by atoms with van der Waals surface area (Å²) in [5.41, 5.74) is 1.13. The van der Waals surface area contributed by atoms with E-state index in [2.05, 4.69) is 17.6 Å². The minimum atomic E-state index is -4.78. The van der Waals surface area contributed by atoms with Gasteiger partial charge in [-0.05, 0) is 42.7 Å². The summed E-state index contributed by atoms with van der Waals surface area (Å²) >= 11 is 0. The monoisotopic (exact) mass is 664 g/mol. The zero-order valence-corrected chi connectivity index (χ0v) is 27.5. The molecule has 0 aromatic heterocycles. The number of amides is 2. The lowest BCUT2D eigenvalue weighted by Gasteiger charge is -2.18. The van der Waals surface area contributed by atoms with Crippen LogP contribution in [0, 0.1) is 0 Å². The molecular weight excluding hydrogens is 615 g/mol.